The number of rotatable bonds is 0. The zero-order valence-electron chi connectivity index (χ0n) is 10.7. The van der Waals surface area contributed by atoms with Crippen molar-refractivity contribution in [3.8, 4) is 0 Å². The van der Waals surface area contributed by atoms with Crippen LogP contribution in [0.5, 0.6) is 0 Å². The molecular weight excluding hydrogens is 418 g/mol. The van der Waals surface area contributed by atoms with E-state index in [0.717, 1.165) is 0 Å². The van der Waals surface area contributed by atoms with Gasteiger partial charge in [0.15, 0.2) is 0 Å². The van der Waals surface area contributed by atoms with Crippen molar-refractivity contribution in [1.29, 1.82) is 0 Å². The number of hydrogen-bond acceptors (Lipinski definition) is 1. The van der Waals surface area contributed by atoms with Crippen molar-refractivity contribution in [3.05, 3.63) is 32.6 Å². The van der Waals surface area contributed by atoms with Gasteiger partial charge in [-0.1, -0.05) is 11.8 Å². The molecule has 0 N–H and O–H groups in total. The molecule has 0 fully saturated rings. The van der Waals surface area contributed by atoms with E-state index in [4.69, 9.17) is 0 Å². The van der Waals surface area contributed by atoms with Crippen molar-refractivity contribution < 1.29 is 61.5 Å². The van der Waals surface area contributed by atoms with Crippen molar-refractivity contribution >= 4 is 11.8 Å². The molecule has 0 nitrogen and oxygen atoms in total. The van der Waals surface area contributed by atoms with E-state index in [-0.39, 0.29) is 0 Å². The Morgan fingerprint density at radius 1 is 0.520 bits per heavy atom. The minimum atomic E-state index is -6.44. The predicted octanol–water partition coefficient (Wildman–Crippen LogP) is 6.64. The summed E-state index contributed by atoms with van der Waals surface area (Å²) in [5.41, 5.74) is -10.6. The van der Waals surface area contributed by atoms with Gasteiger partial charge in [-0.05, 0) is 0 Å². The van der Waals surface area contributed by atoms with Gasteiger partial charge < -0.3 is 0 Å². The zero-order chi connectivity index (χ0) is 20.2. The van der Waals surface area contributed by atoms with Crippen LogP contribution in [-0.4, -0.2) is 24.7 Å². The maximum atomic E-state index is 12.7. The summed E-state index contributed by atoms with van der Waals surface area (Å²) in [5, 5.41) is 0. The average Bonchev–Trinajstić information content (AvgIpc) is 2.31. The Labute approximate surface area is 131 Å². The summed E-state index contributed by atoms with van der Waals surface area (Å²) < 4.78 is 177. The maximum Gasteiger partial charge on any atom is 0.423 e. The van der Waals surface area contributed by atoms with Crippen LogP contribution in [0.1, 0.15) is 0 Å². The van der Waals surface area contributed by atoms with Crippen molar-refractivity contribution in [2.45, 2.75) is 24.7 Å². The van der Waals surface area contributed by atoms with Crippen LogP contribution in [0.2, 0.25) is 0 Å². The lowest BCUT2D eigenvalue weighted by molar-refractivity contribution is -0.118. The highest BCUT2D eigenvalue weighted by atomic mass is 32.2. The highest BCUT2D eigenvalue weighted by molar-refractivity contribution is 8.07. The van der Waals surface area contributed by atoms with Crippen molar-refractivity contribution in [2.24, 2.45) is 0 Å². The molecule has 15 heteroatoms. The lowest BCUT2D eigenvalue weighted by Crippen LogP contribution is -2.32. The van der Waals surface area contributed by atoms with E-state index in [9.17, 15) is 61.5 Å². The minimum Gasteiger partial charge on any atom is -0.173 e. The first-order valence-corrected chi connectivity index (χ1v) is 6.12. The monoisotopic (exact) mass is 418 g/mol. The van der Waals surface area contributed by atoms with E-state index in [0.29, 0.717) is 0 Å². The first-order chi connectivity index (χ1) is 10.8. The molecule has 0 saturated heterocycles. The van der Waals surface area contributed by atoms with Crippen LogP contribution in [0.4, 0.5) is 61.5 Å². The molecule has 0 aromatic rings. The minimum absolute atomic E-state index is 1.96. The normalized spacial score (nSPS) is 18.2. The first kappa shape index (κ1) is 21.6. The Balaban J connectivity index is 4.07. The van der Waals surface area contributed by atoms with Gasteiger partial charge in [0, 0.05) is 0 Å². The molecule has 1 aliphatic rings. The van der Waals surface area contributed by atoms with Gasteiger partial charge in [0.2, 0.25) is 0 Å². The summed E-state index contributed by atoms with van der Waals surface area (Å²) in [6, 6.07) is 0. The van der Waals surface area contributed by atoms with Crippen LogP contribution < -0.4 is 0 Å². The van der Waals surface area contributed by atoms with Crippen molar-refractivity contribution in [3.63, 3.8) is 0 Å². The second-order valence-corrected chi connectivity index (χ2v) is 5.16. The molecule has 1 rings (SSSR count). The van der Waals surface area contributed by atoms with Gasteiger partial charge in [0.1, 0.15) is 9.81 Å². The number of alkyl halides is 12. The van der Waals surface area contributed by atoms with E-state index in [1.165, 1.54) is 0 Å². The van der Waals surface area contributed by atoms with Crippen LogP contribution in [0.15, 0.2) is 32.6 Å². The van der Waals surface area contributed by atoms with E-state index in [1.807, 2.05) is 0 Å². The molecule has 0 saturated carbocycles. The van der Waals surface area contributed by atoms with Crippen LogP contribution >= 0.6 is 11.8 Å². The molecule has 0 unspecified atom stereocenters. The van der Waals surface area contributed by atoms with E-state index < -0.39 is 69.1 Å². The third-order valence-electron chi connectivity index (χ3n) is 2.43. The molecule has 0 amide bonds. The lowest BCUT2D eigenvalue weighted by atomic mass is 9.95. The average molecular weight is 418 g/mol. The van der Waals surface area contributed by atoms with Gasteiger partial charge in [-0.2, -0.15) is 61.5 Å². The Kier molecular flexibility index (Phi) is 5.27. The van der Waals surface area contributed by atoms with Gasteiger partial charge in [-0.3, -0.25) is 0 Å². The fourth-order valence-electron chi connectivity index (χ4n) is 1.69. The molecule has 1 aliphatic heterocycles. The Morgan fingerprint density at radius 2 is 0.800 bits per heavy atom. The topological polar surface area (TPSA) is 0 Å². The third kappa shape index (κ3) is 4.41. The van der Waals surface area contributed by atoms with Gasteiger partial charge in [-0.25, -0.2) is 0 Å². The van der Waals surface area contributed by atoms with E-state index in [2.05, 4.69) is 0 Å². The summed E-state index contributed by atoms with van der Waals surface area (Å²) in [5.74, 6) is 0. The highest BCUT2D eigenvalue weighted by Crippen LogP contribution is 2.59. The Morgan fingerprint density at radius 3 is 0.960 bits per heavy atom. The summed E-state index contributed by atoms with van der Waals surface area (Å²) in [6.07, 6.45) is -29.4. The summed E-state index contributed by atoms with van der Waals surface area (Å²) >= 11 is -1.96. The Hall–Kier alpha value is -1.41. The first-order valence-electron chi connectivity index (χ1n) is 5.30. The van der Waals surface area contributed by atoms with Crippen LogP contribution in [0, 0.1) is 0 Å². The van der Waals surface area contributed by atoms with Gasteiger partial charge in [0.25, 0.3) is 6.08 Å². The number of allylic oxidation sites excluding steroid dienone is 5. The number of thioether (sulfide) groups is 1. The zero-order valence-corrected chi connectivity index (χ0v) is 11.5. The van der Waals surface area contributed by atoms with E-state index in [1.54, 1.807) is 0 Å². The second kappa shape index (κ2) is 6.09. The molecular formula is C10F14S. The predicted molar refractivity (Wildman–Crippen MR) is 55.1 cm³/mol. The summed E-state index contributed by atoms with van der Waals surface area (Å²) in [6.45, 7) is 0. The number of hydrogen-bond donors (Lipinski definition) is 0. The van der Waals surface area contributed by atoms with Crippen LogP contribution in [-0.2, 0) is 0 Å². The molecule has 0 aromatic heterocycles. The standard InChI is InChI=1S/C10F14S/c11-6(12)1-2(7(13,14)15)4(9(19,20)21)25-5(10(22,23)24)3(1)8(16,17)18. The smallest absolute Gasteiger partial charge is 0.173 e. The fourth-order valence-corrected chi connectivity index (χ4v) is 2.76. The molecule has 0 aliphatic carbocycles. The SMILES string of the molecule is FC(F)=C1C(C(F)(F)F)=C(C(F)(F)F)SC(C(F)(F)F)=C1C(F)(F)F. The molecule has 0 radical (unpaired) electrons. The third-order valence-corrected chi connectivity index (χ3v) is 3.71. The summed E-state index contributed by atoms with van der Waals surface area (Å²) in [7, 11) is 0. The molecule has 144 valence electrons. The molecule has 0 atom stereocenters. The molecule has 0 aromatic carbocycles. The van der Waals surface area contributed by atoms with Gasteiger partial charge in [0.05, 0.1) is 16.7 Å². The molecule has 1 heterocycles. The summed E-state index contributed by atoms with van der Waals surface area (Å²) in [4.78, 5) is -6.55. The molecule has 0 bridgehead atoms. The van der Waals surface area contributed by atoms with Crippen LogP contribution in [0.3, 0.4) is 0 Å². The largest absolute Gasteiger partial charge is 0.423 e. The molecule has 25 heavy (non-hydrogen) atoms. The fraction of sp³-hybridized carbons (Fsp3) is 0.400. The highest BCUT2D eigenvalue weighted by Gasteiger charge is 2.59. The van der Waals surface area contributed by atoms with E-state index >= 15 is 0 Å². The molecule has 0 spiro atoms. The lowest BCUT2D eigenvalue weighted by Gasteiger charge is -2.30. The van der Waals surface area contributed by atoms with Crippen molar-refractivity contribution in [1.82, 2.24) is 0 Å². The van der Waals surface area contributed by atoms with Gasteiger partial charge in [-0.15, -0.1) is 0 Å². The second-order valence-electron chi connectivity index (χ2n) is 4.14. The quantitative estimate of drug-likeness (QED) is 0.398. The van der Waals surface area contributed by atoms with Gasteiger partial charge >= 0.3 is 24.7 Å². The van der Waals surface area contributed by atoms with Crippen molar-refractivity contribution in [2.75, 3.05) is 0 Å². The number of halogens is 14. The van der Waals surface area contributed by atoms with Crippen LogP contribution in [0.25, 0.3) is 0 Å². The maximum absolute atomic E-state index is 12.7. The Bertz CT molecular complexity index is 593.